The van der Waals surface area contributed by atoms with Gasteiger partial charge >= 0.3 is 5.97 Å². The number of benzene rings is 3. The summed E-state index contributed by atoms with van der Waals surface area (Å²) in [6, 6.07) is 21.7. The normalized spacial score (nSPS) is 14.2. The van der Waals surface area contributed by atoms with Crippen molar-refractivity contribution in [3.8, 4) is 11.5 Å². The molecule has 3 aromatic rings. The van der Waals surface area contributed by atoms with Crippen molar-refractivity contribution < 1.29 is 33.4 Å². The van der Waals surface area contributed by atoms with Crippen LogP contribution >= 0.6 is 23.4 Å². The van der Waals surface area contributed by atoms with Gasteiger partial charge < -0.3 is 19.5 Å². The van der Waals surface area contributed by atoms with Gasteiger partial charge in [-0.15, -0.1) is 0 Å². The average Bonchev–Trinajstić information content (AvgIpc) is 3.12. The minimum Gasteiger partial charge on any atom is -0.493 e. The fourth-order valence-electron chi connectivity index (χ4n) is 4.71. The third-order valence-corrected chi connectivity index (χ3v) is 8.26. The summed E-state index contributed by atoms with van der Waals surface area (Å²) in [6.45, 7) is 5.02. The van der Waals surface area contributed by atoms with Crippen LogP contribution in [-0.2, 0) is 23.9 Å². The van der Waals surface area contributed by atoms with Crippen LogP contribution in [0.3, 0.4) is 0 Å². The van der Waals surface area contributed by atoms with E-state index in [0.29, 0.717) is 11.3 Å². The first-order valence-corrected chi connectivity index (χ1v) is 16.3. The van der Waals surface area contributed by atoms with E-state index in [4.69, 9.17) is 21.1 Å². The SMILES string of the molecule is C=C/C=C\C(=C/C)N1C(=O)/C(=C/c2cc(Cl)c(OCC(=O)OC)c(OC)c2)C(=O)N=C1SCC(=O)NC(c1ccccc1)c1ccccc1. The van der Waals surface area contributed by atoms with Crippen LogP contribution in [0.5, 0.6) is 11.5 Å². The number of carbonyl (C=O) groups is 4. The van der Waals surface area contributed by atoms with Crippen molar-refractivity contribution in [1.82, 2.24) is 10.2 Å². The Morgan fingerprint density at radius 1 is 1.04 bits per heavy atom. The molecule has 0 saturated carbocycles. The van der Waals surface area contributed by atoms with Gasteiger partial charge in [0, 0.05) is 5.70 Å². The van der Waals surface area contributed by atoms with Crippen LogP contribution in [0.15, 0.2) is 120 Å². The third kappa shape index (κ3) is 9.37. The van der Waals surface area contributed by atoms with Gasteiger partial charge in [-0.1, -0.05) is 109 Å². The number of halogens is 1. The molecule has 12 heteroatoms. The molecule has 10 nitrogen and oxygen atoms in total. The topological polar surface area (TPSA) is 124 Å². The Hall–Kier alpha value is -5.39. The average molecular weight is 700 g/mol. The first-order chi connectivity index (χ1) is 23.7. The number of esters is 1. The van der Waals surface area contributed by atoms with E-state index in [2.05, 4.69) is 21.6 Å². The predicted molar refractivity (Wildman–Crippen MR) is 191 cm³/mol. The highest BCUT2D eigenvalue weighted by Crippen LogP contribution is 2.37. The van der Waals surface area contributed by atoms with Crippen LogP contribution in [0.2, 0.25) is 5.02 Å². The molecule has 252 valence electrons. The van der Waals surface area contributed by atoms with Crippen molar-refractivity contribution in [2.24, 2.45) is 4.99 Å². The molecule has 49 heavy (non-hydrogen) atoms. The van der Waals surface area contributed by atoms with Crippen molar-refractivity contribution in [3.63, 3.8) is 0 Å². The van der Waals surface area contributed by atoms with E-state index >= 15 is 0 Å². The molecule has 1 heterocycles. The molecule has 3 aromatic carbocycles. The first-order valence-electron chi connectivity index (χ1n) is 14.9. The van der Waals surface area contributed by atoms with Crippen molar-refractivity contribution in [2.75, 3.05) is 26.6 Å². The number of nitrogens with one attached hydrogen (secondary N) is 1. The van der Waals surface area contributed by atoms with E-state index in [1.54, 1.807) is 31.2 Å². The standard InChI is InChI=1S/C37H34ClN3O7S/c1-5-7-18-27(6-2)41-36(45)28(19-24-20-29(38)34(30(21-24)46-3)48-22-32(43)47-4)35(44)40-37(41)49-23-31(42)39-33(25-14-10-8-11-15-25)26-16-12-9-13-17-26/h5-21,33H,1,22-23H2,2-4H3,(H,39,42)/b18-7-,27-6+,28-19+. The minimum atomic E-state index is -0.806. The van der Waals surface area contributed by atoms with Gasteiger partial charge in [-0.25, -0.2) is 4.79 Å². The molecule has 4 rings (SSSR count). The summed E-state index contributed by atoms with van der Waals surface area (Å²) in [5.41, 5.74) is 2.29. The molecule has 1 aliphatic heterocycles. The molecule has 0 bridgehead atoms. The summed E-state index contributed by atoms with van der Waals surface area (Å²) in [6.07, 6.45) is 7.84. The maximum Gasteiger partial charge on any atom is 0.343 e. The molecule has 0 saturated heterocycles. The van der Waals surface area contributed by atoms with Gasteiger partial charge in [-0.2, -0.15) is 4.99 Å². The first kappa shape index (κ1) is 36.4. The molecule has 0 atom stereocenters. The van der Waals surface area contributed by atoms with Crippen LogP contribution in [0, 0.1) is 0 Å². The predicted octanol–water partition coefficient (Wildman–Crippen LogP) is 6.29. The maximum absolute atomic E-state index is 14.0. The van der Waals surface area contributed by atoms with Crippen molar-refractivity contribution in [1.29, 1.82) is 0 Å². The van der Waals surface area contributed by atoms with Crippen LogP contribution in [0.25, 0.3) is 6.08 Å². The molecule has 3 amide bonds. The Bertz CT molecular complexity index is 1800. The number of ether oxygens (including phenoxy) is 3. The zero-order valence-corrected chi connectivity index (χ0v) is 28.6. The largest absolute Gasteiger partial charge is 0.493 e. The highest BCUT2D eigenvalue weighted by atomic mass is 35.5. The third-order valence-electron chi connectivity index (χ3n) is 7.04. The van der Waals surface area contributed by atoms with Crippen molar-refractivity contribution in [3.05, 3.63) is 137 Å². The summed E-state index contributed by atoms with van der Waals surface area (Å²) in [4.78, 5) is 57.9. The minimum absolute atomic E-state index is 0.0299. The van der Waals surface area contributed by atoms with Gasteiger partial charge in [-0.05, 0) is 47.9 Å². The van der Waals surface area contributed by atoms with Gasteiger partial charge in [0.25, 0.3) is 11.8 Å². The number of methoxy groups -OCH3 is 2. The number of rotatable bonds is 13. The Morgan fingerprint density at radius 3 is 2.27 bits per heavy atom. The highest BCUT2D eigenvalue weighted by molar-refractivity contribution is 8.14. The van der Waals surface area contributed by atoms with Gasteiger partial charge in [0.05, 0.1) is 31.0 Å². The molecular weight excluding hydrogens is 666 g/mol. The summed E-state index contributed by atoms with van der Waals surface area (Å²) in [5, 5.41) is 3.17. The van der Waals surface area contributed by atoms with E-state index in [-0.39, 0.29) is 38.9 Å². The Morgan fingerprint density at radius 2 is 1.69 bits per heavy atom. The second-order valence-electron chi connectivity index (χ2n) is 10.2. The molecule has 1 aliphatic rings. The molecule has 0 fully saturated rings. The Labute approximate surface area is 293 Å². The number of nitrogens with zero attached hydrogens (tertiary/aromatic N) is 2. The lowest BCUT2D eigenvalue weighted by Gasteiger charge is -2.28. The van der Waals surface area contributed by atoms with E-state index in [1.165, 1.54) is 37.3 Å². The number of thioether (sulfide) groups is 1. The van der Waals surface area contributed by atoms with Crippen molar-refractivity contribution >= 4 is 58.3 Å². The smallest absolute Gasteiger partial charge is 0.343 e. The molecule has 0 aliphatic carbocycles. The van der Waals surface area contributed by atoms with Crippen LogP contribution in [0.1, 0.15) is 29.7 Å². The Kier molecular flexibility index (Phi) is 13.1. The van der Waals surface area contributed by atoms with Gasteiger partial charge in [0.2, 0.25) is 5.91 Å². The zero-order chi connectivity index (χ0) is 35.3. The molecule has 0 aromatic heterocycles. The summed E-state index contributed by atoms with van der Waals surface area (Å²) >= 11 is 7.39. The number of amidine groups is 1. The second-order valence-corrected chi connectivity index (χ2v) is 11.6. The lowest BCUT2D eigenvalue weighted by Crippen LogP contribution is -2.42. The number of carbonyl (C=O) groups excluding carboxylic acids is 4. The second kappa shape index (κ2) is 17.7. The number of hydrogen-bond donors (Lipinski definition) is 1. The highest BCUT2D eigenvalue weighted by Gasteiger charge is 2.35. The van der Waals surface area contributed by atoms with E-state index in [0.717, 1.165) is 22.9 Å². The van der Waals surface area contributed by atoms with Crippen LogP contribution < -0.4 is 14.8 Å². The monoisotopic (exact) mass is 699 g/mol. The van der Waals surface area contributed by atoms with Gasteiger partial charge in [-0.3, -0.25) is 19.3 Å². The molecule has 0 unspecified atom stereocenters. The fourth-order valence-corrected chi connectivity index (χ4v) is 5.80. The van der Waals surface area contributed by atoms with Crippen molar-refractivity contribution in [2.45, 2.75) is 13.0 Å². The molecule has 0 spiro atoms. The summed E-state index contributed by atoms with van der Waals surface area (Å²) in [5.74, 6) is -2.31. The molecule has 1 N–H and O–H groups in total. The van der Waals surface area contributed by atoms with Gasteiger partial charge in [0.1, 0.15) is 5.57 Å². The zero-order valence-electron chi connectivity index (χ0n) is 27.1. The van der Waals surface area contributed by atoms with E-state index < -0.39 is 30.4 Å². The fraction of sp³-hybridized carbons (Fsp3) is 0.162. The lowest BCUT2D eigenvalue weighted by molar-refractivity contribution is -0.143. The lowest BCUT2D eigenvalue weighted by atomic mass is 9.99. The van der Waals surface area contributed by atoms with E-state index in [9.17, 15) is 19.2 Å². The number of amides is 3. The van der Waals surface area contributed by atoms with Gasteiger partial charge in [0.15, 0.2) is 23.3 Å². The van der Waals surface area contributed by atoms with E-state index in [1.807, 2.05) is 60.7 Å². The number of allylic oxidation sites excluding steroid dienone is 4. The maximum atomic E-state index is 14.0. The summed E-state index contributed by atoms with van der Waals surface area (Å²) in [7, 11) is 2.60. The van der Waals surface area contributed by atoms with Crippen LogP contribution in [-0.4, -0.2) is 60.3 Å². The van der Waals surface area contributed by atoms with Crippen LogP contribution in [0.4, 0.5) is 0 Å². The number of hydrogen-bond acceptors (Lipinski definition) is 8. The Balaban J connectivity index is 1.64. The summed E-state index contributed by atoms with van der Waals surface area (Å²) < 4.78 is 15.4. The molecule has 0 radical (unpaired) electrons. The number of aliphatic imine (C=N–C) groups is 1. The molecular formula is C37H34ClN3O7S. The quantitative estimate of drug-likeness (QED) is 0.0956.